The fourth-order valence-corrected chi connectivity index (χ4v) is 3.23. The smallest absolute Gasteiger partial charge is 0.341 e. The molecule has 0 aliphatic carbocycles. The normalized spacial score (nSPS) is 16.6. The highest BCUT2D eigenvalue weighted by Gasteiger charge is 2.34. The van der Waals surface area contributed by atoms with E-state index in [1.54, 1.807) is 12.1 Å². The number of anilines is 1. The van der Waals surface area contributed by atoms with Crippen molar-refractivity contribution in [3.8, 4) is 10.6 Å². The van der Waals surface area contributed by atoms with Gasteiger partial charge in [-0.05, 0) is 30.4 Å². The summed E-state index contributed by atoms with van der Waals surface area (Å²) < 4.78 is 39.4. The average Bonchev–Trinajstić information content (AvgIpc) is 2.88. The molecule has 0 N–H and O–H groups in total. The van der Waals surface area contributed by atoms with Gasteiger partial charge in [-0.15, -0.1) is 11.3 Å². The summed E-state index contributed by atoms with van der Waals surface area (Å²) in [6, 6.07) is 4.62. The first kappa shape index (κ1) is 15.3. The van der Waals surface area contributed by atoms with Crippen molar-refractivity contribution in [2.24, 2.45) is 0 Å². The molecule has 1 fully saturated rings. The highest BCUT2D eigenvalue weighted by Crippen LogP contribution is 2.33. The molecule has 118 valence electrons. The molecule has 3 rings (SSSR count). The second-order valence-corrected chi connectivity index (χ2v) is 6.26. The number of alkyl halides is 3. The Morgan fingerprint density at radius 3 is 2.36 bits per heavy atom. The minimum Gasteiger partial charge on any atom is -0.341 e. The van der Waals surface area contributed by atoms with Gasteiger partial charge < -0.3 is 4.90 Å². The molecule has 7 heteroatoms. The lowest BCUT2D eigenvalue weighted by Gasteiger charge is -2.21. The lowest BCUT2D eigenvalue weighted by Crippen LogP contribution is -2.27. The van der Waals surface area contributed by atoms with Crippen molar-refractivity contribution in [3.05, 3.63) is 29.3 Å². The molecule has 22 heavy (non-hydrogen) atoms. The van der Waals surface area contributed by atoms with E-state index < -0.39 is 11.9 Å². The SMILES string of the molecule is FC(F)(F)c1cc(-c2cccs2)nc(N2CCCCCC2)n1. The third-order valence-electron chi connectivity index (χ3n) is 3.67. The van der Waals surface area contributed by atoms with Crippen LogP contribution in [0.25, 0.3) is 10.6 Å². The summed E-state index contributed by atoms with van der Waals surface area (Å²) in [5.41, 5.74) is -0.526. The summed E-state index contributed by atoms with van der Waals surface area (Å²) in [5, 5.41) is 1.83. The fourth-order valence-electron chi connectivity index (χ4n) is 2.54. The lowest BCUT2D eigenvalue weighted by atomic mass is 10.2. The van der Waals surface area contributed by atoms with E-state index in [-0.39, 0.29) is 5.95 Å². The molecule has 1 saturated heterocycles. The van der Waals surface area contributed by atoms with Crippen LogP contribution < -0.4 is 4.90 Å². The third kappa shape index (κ3) is 3.40. The fraction of sp³-hybridized carbons (Fsp3) is 0.467. The number of thiophene rings is 1. The molecule has 3 heterocycles. The second-order valence-electron chi connectivity index (χ2n) is 5.31. The van der Waals surface area contributed by atoms with Crippen LogP contribution in [-0.2, 0) is 6.18 Å². The van der Waals surface area contributed by atoms with Crippen molar-refractivity contribution >= 4 is 17.3 Å². The maximum atomic E-state index is 13.1. The van der Waals surface area contributed by atoms with Gasteiger partial charge in [-0.25, -0.2) is 9.97 Å². The number of hydrogen-bond donors (Lipinski definition) is 0. The first-order valence-corrected chi connectivity index (χ1v) is 8.17. The Hall–Kier alpha value is -1.63. The molecule has 1 aliphatic rings. The molecular weight excluding hydrogens is 311 g/mol. The average molecular weight is 327 g/mol. The van der Waals surface area contributed by atoms with Crippen LogP contribution >= 0.6 is 11.3 Å². The maximum Gasteiger partial charge on any atom is 0.433 e. The van der Waals surface area contributed by atoms with Crippen LogP contribution in [0.5, 0.6) is 0 Å². The molecule has 1 aliphatic heterocycles. The first-order chi connectivity index (χ1) is 10.5. The number of hydrogen-bond acceptors (Lipinski definition) is 4. The molecule has 0 saturated carbocycles. The standard InChI is InChI=1S/C15H16F3N3S/c16-15(17,18)13-10-11(12-6-5-9-22-12)19-14(20-13)21-7-3-1-2-4-8-21/h5-6,9-10H,1-4,7-8H2. The van der Waals surface area contributed by atoms with E-state index in [0.29, 0.717) is 18.8 Å². The zero-order chi connectivity index (χ0) is 15.6. The molecular formula is C15H16F3N3S. The van der Waals surface area contributed by atoms with Crippen molar-refractivity contribution in [3.63, 3.8) is 0 Å². The van der Waals surface area contributed by atoms with Gasteiger partial charge in [0.25, 0.3) is 0 Å². The van der Waals surface area contributed by atoms with Crippen molar-refractivity contribution in [2.75, 3.05) is 18.0 Å². The van der Waals surface area contributed by atoms with Crippen molar-refractivity contribution in [1.29, 1.82) is 0 Å². The van der Waals surface area contributed by atoms with Gasteiger partial charge in [0.15, 0.2) is 5.69 Å². The van der Waals surface area contributed by atoms with E-state index in [2.05, 4.69) is 9.97 Å². The Kier molecular flexibility index (Phi) is 4.33. The van der Waals surface area contributed by atoms with E-state index in [0.717, 1.165) is 36.6 Å². The number of nitrogens with zero attached hydrogens (tertiary/aromatic N) is 3. The molecule has 0 unspecified atom stereocenters. The highest BCUT2D eigenvalue weighted by molar-refractivity contribution is 7.13. The van der Waals surface area contributed by atoms with Crippen molar-refractivity contribution in [2.45, 2.75) is 31.9 Å². The van der Waals surface area contributed by atoms with Crippen LogP contribution in [0.15, 0.2) is 23.6 Å². The van der Waals surface area contributed by atoms with Crippen LogP contribution in [0.4, 0.5) is 19.1 Å². The molecule has 2 aromatic heterocycles. The highest BCUT2D eigenvalue weighted by atomic mass is 32.1. The second kappa shape index (κ2) is 6.24. The molecule has 0 radical (unpaired) electrons. The monoisotopic (exact) mass is 327 g/mol. The van der Waals surface area contributed by atoms with E-state index >= 15 is 0 Å². The van der Waals surface area contributed by atoms with Crippen molar-refractivity contribution < 1.29 is 13.2 Å². The summed E-state index contributed by atoms with van der Waals surface area (Å²) in [6.45, 7) is 1.43. The molecule has 3 nitrogen and oxygen atoms in total. The minimum absolute atomic E-state index is 0.195. The molecule has 2 aromatic rings. The van der Waals surface area contributed by atoms with Gasteiger partial charge in [-0.1, -0.05) is 18.9 Å². The summed E-state index contributed by atoms with van der Waals surface area (Å²) in [7, 11) is 0. The van der Waals surface area contributed by atoms with E-state index in [1.165, 1.54) is 11.3 Å². The number of rotatable bonds is 2. The van der Waals surface area contributed by atoms with Gasteiger partial charge in [-0.3, -0.25) is 0 Å². The Labute approximate surface area is 130 Å². The van der Waals surface area contributed by atoms with Crippen LogP contribution in [0.1, 0.15) is 31.4 Å². The van der Waals surface area contributed by atoms with Gasteiger partial charge in [0.2, 0.25) is 5.95 Å². The Morgan fingerprint density at radius 2 is 1.77 bits per heavy atom. The Bertz CT molecular complexity index is 617. The summed E-state index contributed by atoms with van der Waals surface area (Å²) in [4.78, 5) is 10.8. The lowest BCUT2D eigenvalue weighted by molar-refractivity contribution is -0.141. The Morgan fingerprint density at radius 1 is 1.05 bits per heavy atom. The summed E-state index contributed by atoms with van der Waals surface area (Å²) in [5.74, 6) is 0.195. The van der Waals surface area contributed by atoms with Gasteiger partial charge in [-0.2, -0.15) is 13.2 Å². The van der Waals surface area contributed by atoms with Crippen LogP contribution in [-0.4, -0.2) is 23.1 Å². The van der Waals surface area contributed by atoms with Gasteiger partial charge in [0.05, 0.1) is 10.6 Å². The van der Waals surface area contributed by atoms with Crippen LogP contribution in [0.2, 0.25) is 0 Å². The topological polar surface area (TPSA) is 29.0 Å². The van der Waals surface area contributed by atoms with Gasteiger partial charge >= 0.3 is 6.18 Å². The van der Waals surface area contributed by atoms with Gasteiger partial charge in [0, 0.05) is 13.1 Å². The number of aromatic nitrogens is 2. The predicted octanol–water partition coefficient (Wildman–Crippen LogP) is 4.60. The quantitative estimate of drug-likeness (QED) is 0.807. The Balaban J connectivity index is 2.03. The first-order valence-electron chi connectivity index (χ1n) is 7.29. The zero-order valence-corrected chi connectivity index (χ0v) is 12.8. The van der Waals surface area contributed by atoms with Gasteiger partial charge in [0.1, 0.15) is 0 Å². The van der Waals surface area contributed by atoms with E-state index in [4.69, 9.17) is 0 Å². The summed E-state index contributed by atoms with van der Waals surface area (Å²) in [6.07, 6.45) is -0.322. The van der Waals surface area contributed by atoms with E-state index in [1.807, 2.05) is 10.3 Å². The maximum absolute atomic E-state index is 13.1. The number of halogens is 3. The minimum atomic E-state index is -4.46. The van der Waals surface area contributed by atoms with E-state index in [9.17, 15) is 13.2 Å². The van der Waals surface area contributed by atoms with Crippen LogP contribution in [0.3, 0.4) is 0 Å². The largest absolute Gasteiger partial charge is 0.433 e. The van der Waals surface area contributed by atoms with Crippen molar-refractivity contribution in [1.82, 2.24) is 9.97 Å². The predicted molar refractivity (Wildman–Crippen MR) is 81.0 cm³/mol. The summed E-state index contributed by atoms with van der Waals surface area (Å²) >= 11 is 1.38. The molecule has 0 spiro atoms. The zero-order valence-electron chi connectivity index (χ0n) is 11.9. The molecule has 0 aromatic carbocycles. The van der Waals surface area contributed by atoms with Crippen LogP contribution in [0, 0.1) is 0 Å². The molecule has 0 atom stereocenters. The molecule has 0 amide bonds. The third-order valence-corrected chi connectivity index (χ3v) is 4.56. The molecule has 0 bridgehead atoms.